The topological polar surface area (TPSA) is 46.6 Å². The third kappa shape index (κ3) is 1.91. The number of ether oxygens (including phenoxy) is 1. The van der Waals surface area contributed by atoms with Gasteiger partial charge >= 0.3 is 0 Å². The first kappa shape index (κ1) is 12.2. The van der Waals surface area contributed by atoms with E-state index in [1.807, 2.05) is 6.07 Å². The van der Waals surface area contributed by atoms with Crippen molar-refractivity contribution < 1.29 is 14.3 Å². The second-order valence-electron chi connectivity index (χ2n) is 5.21. The Morgan fingerprint density at radius 3 is 2.32 bits per heavy atom. The van der Waals surface area contributed by atoms with E-state index in [9.17, 15) is 9.59 Å². The highest BCUT2D eigenvalue weighted by Gasteiger charge is 2.48. The first-order chi connectivity index (χ1) is 9.22. The highest BCUT2D eigenvalue weighted by Crippen LogP contribution is 2.40. The number of rotatable bonds is 2. The van der Waals surface area contributed by atoms with Gasteiger partial charge in [0.05, 0.1) is 24.6 Å². The molecular weight excluding hydrogens is 242 g/mol. The molecule has 0 spiro atoms. The normalized spacial score (nSPS) is 26.5. The largest absolute Gasteiger partial charge is 0.497 e. The number of methoxy groups -OCH3 is 1. The minimum Gasteiger partial charge on any atom is -0.497 e. The molecule has 1 aromatic rings. The van der Waals surface area contributed by atoms with Crippen LogP contribution in [0.1, 0.15) is 25.7 Å². The molecule has 0 aromatic heterocycles. The van der Waals surface area contributed by atoms with Gasteiger partial charge in [0.1, 0.15) is 5.75 Å². The maximum Gasteiger partial charge on any atom is 0.237 e. The quantitative estimate of drug-likeness (QED) is 0.766. The zero-order valence-electron chi connectivity index (χ0n) is 11.0. The lowest BCUT2D eigenvalue weighted by Crippen LogP contribution is -2.30. The predicted molar refractivity (Wildman–Crippen MR) is 70.9 cm³/mol. The van der Waals surface area contributed by atoms with Gasteiger partial charge in [-0.05, 0) is 25.0 Å². The standard InChI is InChI=1S/C15H17NO3/c1-19-11-6-4-5-10(9-11)16-14(17)12-7-2-3-8-13(12)15(16)18/h4-6,9,12-13H,2-3,7-8H2,1H3/t12-,13-/m1/s1. The van der Waals surface area contributed by atoms with Crippen LogP contribution < -0.4 is 9.64 Å². The zero-order chi connectivity index (χ0) is 13.4. The molecule has 1 saturated heterocycles. The lowest BCUT2D eigenvalue weighted by Gasteiger charge is -2.19. The van der Waals surface area contributed by atoms with E-state index in [1.54, 1.807) is 25.3 Å². The van der Waals surface area contributed by atoms with E-state index >= 15 is 0 Å². The Kier molecular flexibility index (Phi) is 3.01. The molecule has 2 fully saturated rings. The fourth-order valence-corrected chi connectivity index (χ4v) is 3.17. The molecule has 1 heterocycles. The molecule has 2 atom stereocenters. The van der Waals surface area contributed by atoms with Gasteiger partial charge in [-0.3, -0.25) is 9.59 Å². The second kappa shape index (κ2) is 4.68. The third-order valence-electron chi connectivity index (χ3n) is 4.15. The van der Waals surface area contributed by atoms with Crippen LogP contribution in [0.3, 0.4) is 0 Å². The summed E-state index contributed by atoms with van der Waals surface area (Å²) in [6, 6.07) is 7.14. The molecular formula is C15H17NO3. The molecule has 4 nitrogen and oxygen atoms in total. The summed E-state index contributed by atoms with van der Waals surface area (Å²) in [6.07, 6.45) is 3.78. The molecule has 2 amide bonds. The number of anilines is 1. The van der Waals surface area contributed by atoms with E-state index in [0.717, 1.165) is 25.7 Å². The van der Waals surface area contributed by atoms with Gasteiger partial charge < -0.3 is 4.74 Å². The number of hydrogen-bond donors (Lipinski definition) is 0. The highest BCUT2D eigenvalue weighted by atomic mass is 16.5. The summed E-state index contributed by atoms with van der Waals surface area (Å²) in [6.45, 7) is 0. The molecule has 19 heavy (non-hydrogen) atoms. The van der Waals surface area contributed by atoms with Crippen molar-refractivity contribution in [3.05, 3.63) is 24.3 Å². The monoisotopic (exact) mass is 259 g/mol. The van der Waals surface area contributed by atoms with Crippen LogP contribution in [0.25, 0.3) is 0 Å². The van der Waals surface area contributed by atoms with Crippen LogP contribution >= 0.6 is 0 Å². The zero-order valence-corrected chi connectivity index (χ0v) is 11.0. The summed E-state index contributed by atoms with van der Waals surface area (Å²) in [5, 5.41) is 0. The van der Waals surface area contributed by atoms with E-state index < -0.39 is 0 Å². The van der Waals surface area contributed by atoms with Crippen molar-refractivity contribution >= 4 is 17.5 Å². The van der Waals surface area contributed by atoms with Crippen LogP contribution in [0, 0.1) is 11.8 Å². The summed E-state index contributed by atoms with van der Waals surface area (Å²) in [7, 11) is 1.58. The van der Waals surface area contributed by atoms with E-state index in [2.05, 4.69) is 0 Å². The van der Waals surface area contributed by atoms with Crippen LogP contribution in [0.5, 0.6) is 5.75 Å². The average Bonchev–Trinajstić information content (AvgIpc) is 2.72. The summed E-state index contributed by atoms with van der Waals surface area (Å²) in [5.41, 5.74) is 0.628. The van der Waals surface area contributed by atoms with Crippen molar-refractivity contribution in [1.29, 1.82) is 0 Å². The number of carbonyl (C=O) groups is 2. The lowest BCUT2D eigenvalue weighted by molar-refractivity contribution is -0.122. The molecule has 0 unspecified atom stereocenters. The number of imide groups is 1. The van der Waals surface area contributed by atoms with Crippen molar-refractivity contribution in [1.82, 2.24) is 0 Å². The van der Waals surface area contributed by atoms with Gasteiger partial charge in [0.15, 0.2) is 0 Å². The van der Waals surface area contributed by atoms with Gasteiger partial charge in [-0.1, -0.05) is 18.9 Å². The number of nitrogens with zero attached hydrogens (tertiary/aromatic N) is 1. The van der Waals surface area contributed by atoms with Crippen molar-refractivity contribution in [2.45, 2.75) is 25.7 Å². The van der Waals surface area contributed by atoms with Crippen LogP contribution in [0.2, 0.25) is 0 Å². The van der Waals surface area contributed by atoms with Crippen LogP contribution in [0.4, 0.5) is 5.69 Å². The Hall–Kier alpha value is -1.84. The SMILES string of the molecule is COc1cccc(N2C(=O)[C@@H]3CCCC[C@H]3C2=O)c1. The Labute approximate surface area is 112 Å². The van der Waals surface area contributed by atoms with E-state index in [1.165, 1.54) is 4.90 Å². The average molecular weight is 259 g/mol. The smallest absolute Gasteiger partial charge is 0.237 e. The molecule has 2 aliphatic rings. The third-order valence-corrected chi connectivity index (χ3v) is 4.15. The van der Waals surface area contributed by atoms with Crippen molar-refractivity contribution in [2.24, 2.45) is 11.8 Å². The first-order valence-electron chi connectivity index (χ1n) is 6.74. The summed E-state index contributed by atoms with van der Waals surface area (Å²) >= 11 is 0. The summed E-state index contributed by atoms with van der Waals surface area (Å²) < 4.78 is 5.15. The van der Waals surface area contributed by atoms with Crippen molar-refractivity contribution in [3.8, 4) is 5.75 Å². The Morgan fingerprint density at radius 2 is 1.74 bits per heavy atom. The Bertz CT molecular complexity index is 502. The van der Waals surface area contributed by atoms with Gasteiger partial charge in [-0.15, -0.1) is 0 Å². The number of benzene rings is 1. The minimum absolute atomic E-state index is 0.0389. The summed E-state index contributed by atoms with van der Waals surface area (Å²) in [4.78, 5) is 26.2. The van der Waals surface area contributed by atoms with Gasteiger partial charge in [0, 0.05) is 6.07 Å². The van der Waals surface area contributed by atoms with E-state index in [4.69, 9.17) is 4.74 Å². The Balaban J connectivity index is 1.95. The fraction of sp³-hybridized carbons (Fsp3) is 0.467. The van der Waals surface area contributed by atoms with Gasteiger partial charge in [-0.2, -0.15) is 0 Å². The molecule has 0 radical (unpaired) electrons. The molecule has 1 aliphatic heterocycles. The van der Waals surface area contributed by atoms with Crippen molar-refractivity contribution in [3.63, 3.8) is 0 Å². The van der Waals surface area contributed by atoms with Crippen LogP contribution in [-0.2, 0) is 9.59 Å². The molecule has 1 aliphatic carbocycles. The molecule has 1 saturated carbocycles. The van der Waals surface area contributed by atoms with Crippen LogP contribution in [-0.4, -0.2) is 18.9 Å². The first-order valence-corrected chi connectivity index (χ1v) is 6.74. The maximum atomic E-state index is 12.4. The second-order valence-corrected chi connectivity index (χ2v) is 5.21. The van der Waals surface area contributed by atoms with Gasteiger partial charge in [-0.25, -0.2) is 4.90 Å². The van der Waals surface area contributed by atoms with E-state index in [-0.39, 0.29) is 23.7 Å². The number of carbonyl (C=O) groups excluding carboxylic acids is 2. The number of fused-ring (bicyclic) bond motifs is 1. The minimum atomic E-state index is -0.104. The lowest BCUT2D eigenvalue weighted by atomic mass is 9.81. The van der Waals surface area contributed by atoms with E-state index in [0.29, 0.717) is 11.4 Å². The number of hydrogen-bond acceptors (Lipinski definition) is 3. The molecule has 4 heteroatoms. The highest BCUT2D eigenvalue weighted by molar-refractivity contribution is 6.22. The predicted octanol–water partition coefficient (Wildman–Crippen LogP) is 2.37. The maximum absolute atomic E-state index is 12.4. The van der Waals surface area contributed by atoms with Gasteiger partial charge in [0.2, 0.25) is 11.8 Å². The molecule has 1 aromatic carbocycles. The number of amides is 2. The molecule has 3 rings (SSSR count). The fourth-order valence-electron chi connectivity index (χ4n) is 3.17. The van der Waals surface area contributed by atoms with Crippen molar-refractivity contribution in [2.75, 3.05) is 12.0 Å². The molecule has 100 valence electrons. The molecule has 0 N–H and O–H groups in total. The van der Waals surface area contributed by atoms with Crippen LogP contribution in [0.15, 0.2) is 24.3 Å². The summed E-state index contributed by atoms with van der Waals surface area (Å²) in [5.74, 6) is 0.374. The molecule has 0 bridgehead atoms. The van der Waals surface area contributed by atoms with Gasteiger partial charge in [0.25, 0.3) is 0 Å². The Morgan fingerprint density at radius 1 is 1.11 bits per heavy atom.